The zero-order valence-corrected chi connectivity index (χ0v) is 25.1. The van der Waals surface area contributed by atoms with Gasteiger partial charge in [0.1, 0.15) is 0 Å². The highest BCUT2D eigenvalue weighted by atomic mass is 127. The third-order valence-electron chi connectivity index (χ3n) is 4.63. The van der Waals surface area contributed by atoms with Gasteiger partial charge in [-0.15, -0.1) is 0 Å². The highest BCUT2D eigenvalue weighted by Crippen LogP contribution is 2.32. The number of amidine groups is 1. The molecule has 0 atom stereocenters. The highest BCUT2D eigenvalue weighted by molar-refractivity contribution is 14.1. The molecule has 0 fully saturated rings. The van der Waals surface area contributed by atoms with Crippen LogP contribution in [-0.2, 0) is 9.59 Å². The Morgan fingerprint density at radius 1 is 1.00 bits per heavy atom. The largest absolute Gasteiger partial charge is 0.305 e. The lowest BCUT2D eigenvalue weighted by atomic mass is 10.1. The third kappa shape index (κ3) is 14.3. The monoisotopic (exact) mass is 628 g/mol. The summed E-state index contributed by atoms with van der Waals surface area (Å²) in [5.74, 6) is -0.344. The van der Waals surface area contributed by atoms with Crippen LogP contribution in [0.1, 0.15) is 66.7 Å². The second-order valence-corrected chi connectivity index (χ2v) is 11.4. The highest BCUT2D eigenvalue weighted by Gasteiger charge is 2.17. The maximum absolute atomic E-state index is 12.5. The fraction of sp³-hybridized carbons (Fsp3) is 0.385. The van der Waals surface area contributed by atoms with Crippen LogP contribution in [0.3, 0.4) is 0 Å². The van der Waals surface area contributed by atoms with Gasteiger partial charge in [-0.1, -0.05) is 60.9 Å². The van der Waals surface area contributed by atoms with Gasteiger partial charge in [0, 0.05) is 0 Å². The Morgan fingerprint density at radius 2 is 1.60 bits per heavy atom. The fourth-order valence-corrected chi connectivity index (χ4v) is 4.56. The quantitative estimate of drug-likeness (QED) is 0.0633. The van der Waals surface area contributed by atoms with Gasteiger partial charge in [-0.25, -0.2) is 3.11 Å². The molecule has 3 N–H and O–H groups in total. The number of hydrogen-bond donors (Lipinski definition) is 3. The predicted octanol–water partition coefficient (Wildman–Crippen LogP) is 8.03. The Labute approximate surface area is 233 Å². The second kappa shape index (κ2) is 17.6. The van der Waals surface area contributed by atoms with E-state index in [2.05, 4.69) is 25.1 Å². The van der Waals surface area contributed by atoms with E-state index >= 15 is 0 Å². The molecule has 0 bridgehead atoms. The van der Waals surface area contributed by atoms with Crippen LogP contribution >= 0.6 is 46.4 Å². The number of amides is 2. The average Bonchev–Trinajstić information content (AvgIpc) is 2.75. The van der Waals surface area contributed by atoms with Crippen molar-refractivity contribution in [2.24, 2.45) is 0 Å². The Kier molecular flexibility index (Phi) is 16.6. The summed E-state index contributed by atoms with van der Waals surface area (Å²) in [5.41, 5.74) is 3.93. The smallest absolute Gasteiger partial charge is 0.240 e. The fourth-order valence-electron chi connectivity index (χ4n) is 2.68. The van der Waals surface area contributed by atoms with E-state index in [4.69, 9.17) is 10.8 Å². The number of allylic oxidation sites excluding steroid dienone is 6. The van der Waals surface area contributed by atoms with Crippen molar-refractivity contribution in [2.45, 2.75) is 66.7 Å². The van der Waals surface area contributed by atoms with Crippen LogP contribution in [-0.4, -0.2) is 25.1 Å². The Hall–Kier alpha value is -1.85. The Balaban J connectivity index is 4.47. The van der Waals surface area contributed by atoms with Crippen molar-refractivity contribution in [1.29, 1.82) is 10.8 Å². The van der Waals surface area contributed by atoms with E-state index in [0.717, 1.165) is 39.0 Å². The van der Waals surface area contributed by atoms with Gasteiger partial charge in [0.2, 0.25) is 11.8 Å². The van der Waals surface area contributed by atoms with Crippen LogP contribution in [0.4, 0.5) is 0 Å². The van der Waals surface area contributed by atoms with Gasteiger partial charge >= 0.3 is 0 Å². The van der Waals surface area contributed by atoms with Gasteiger partial charge in [-0.3, -0.25) is 20.4 Å². The van der Waals surface area contributed by atoms with Gasteiger partial charge in [0.15, 0.2) is 5.17 Å². The molecule has 0 rings (SSSR count). The first-order valence-electron chi connectivity index (χ1n) is 11.1. The van der Waals surface area contributed by atoms with Gasteiger partial charge in [0.25, 0.3) is 0 Å². The maximum Gasteiger partial charge on any atom is 0.240 e. The summed E-state index contributed by atoms with van der Waals surface area (Å²) >= 11 is 4.24. The summed E-state index contributed by atoms with van der Waals surface area (Å²) in [7, 11) is 0. The molecule has 0 aliphatic rings. The van der Waals surface area contributed by atoms with Crippen molar-refractivity contribution in [3.8, 4) is 0 Å². The predicted molar refractivity (Wildman–Crippen MR) is 163 cm³/mol. The number of carbonyl (C=O) groups excluding carboxylic acids is 2. The lowest BCUT2D eigenvalue weighted by Crippen LogP contribution is -2.28. The van der Waals surface area contributed by atoms with E-state index in [1.807, 2.05) is 69.6 Å². The summed E-state index contributed by atoms with van der Waals surface area (Å²) in [6, 6.07) is 0. The minimum absolute atomic E-state index is 0.0514. The van der Waals surface area contributed by atoms with Crippen LogP contribution in [0.2, 0.25) is 0 Å². The third-order valence-corrected chi connectivity index (χ3v) is 7.74. The molecule has 0 heterocycles. The topological polar surface area (TPSA) is 97.1 Å². The van der Waals surface area contributed by atoms with Crippen LogP contribution in [0, 0.1) is 10.8 Å². The summed E-state index contributed by atoms with van der Waals surface area (Å²) in [4.78, 5) is 25.5. The molecule has 0 aliphatic heterocycles. The Morgan fingerprint density at radius 3 is 2.11 bits per heavy atom. The molecular weight excluding hydrogens is 591 g/mol. The van der Waals surface area contributed by atoms with Gasteiger partial charge in [0.05, 0.1) is 45.8 Å². The van der Waals surface area contributed by atoms with Gasteiger partial charge in [-0.05, 0) is 81.7 Å². The molecule has 35 heavy (non-hydrogen) atoms. The lowest BCUT2D eigenvalue weighted by Gasteiger charge is -2.18. The van der Waals surface area contributed by atoms with E-state index in [1.165, 1.54) is 14.9 Å². The van der Waals surface area contributed by atoms with E-state index in [-0.39, 0.29) is 29.8 Å². The van der Waals surface area contributed by atoms with Crippen LogP contribution < -0.4 is 5.32 Å². The first-order valence-corrected chi connectivity index (χ1v) is 13.7. The summed E-state index contributed by atoms with van der Waals surface area (Å²) in [5, 5.41) is 19.4. The number of thioether (sulfide) groups is 2. The molecule has 0 spiro atoms. The zero-order chi connectivity index (χ0) is 27.1. The minimum atomic E-state index is -0.268. The molecule has 192 valence electrons. The molecule has 0 saturated carbocycles. The van der Waals surface area contributed by atoms with E-state index in [9.17, 15) is 9.59 Å². The minimum Gasteiger partial charge on any atom is -0.305 e. The van der Waals surface area contributed by atoms with Crippen LogP contribution in [0.15, 0.2) is 70.2 Å². The number of nitrogens with one attached hydrogen (secondary N) is 3. The first-order chi connectivity index (χ1) is 16.3. The molecule has 0 aromatic rings. The normalized spacial score (nSPS) is 10.3. The first kappa shape index (κ1) is 33.1. The number of hydrogen-bond acceptors (Lipinski definition) is 6. The van der Waals surface area contributed by atoms with Crippen LogP contribution in [0.5, 0.6) is 0 Å². The summed E-state index contributed by atoms with van der Waals surface area (Å²) < 4.78 is 1.50. The van der Waals surface area contributed by atoms with Crippen molar-refractivity contribution in [2.75, 3.05) is 0 Å². The van der Waals surface area contributed by atoms with E-state index < -0.39 is 0 Å². The van der Waals surface area contributed by atoms with Crippen molar-refractivity contribution in [3.05, 3.63) is 70.2 Å². The van der Waals surface area contributed by atoms with Gasteiger partial charge in [-0.2, -0.15) is 0 Å². The zero-order valence-electron chi connectivity index (χ0n) is 21.3. The standard InChI is InChI=1S/C26H37IN4O2S2/c1-9-12-22(18(5)6)15-24(32)30-26(29)35-23(28)14-11-13-19(7)34-20(8)31(27)25(33)16-21(10-2)17(3)4/h9-10,12,28H,2,7-8,11,13-16H2,1,3-6H3,(H2,29,30,32)/b12-9-,28-23?. The number of halogens is 1. The molecule has 0 radical (unpaired) electrons. The number of carbonyl (C=O) groups is 2. The molecule has 0 saturated heterocycles. The van der Waals surface area contributed by atoms with E-state index in [0.29, 0.717) is 29.3 Å². The summed E-state index contributed by atoms with van der Waals surface area (Å²) in [6.45, 7) is 21.5. The van der Waals surface area contributed by atoms with Gasteiger partial charge < -0.3 is 5.32 Å². The SMILES string of the molecule is C=CC(CC(=O)N(I)C(=C)SC(=C)CCCC(=N)SC(=N)NC(=O)CC(/C=C\C)=C(C)C)=C(C)C. The molecule has 0 unspecified atom stereocenters. The molecule has 9 heteroatoms. The van der Waals surface area contributed by atoms with Crippen molar-refractivity contribution < 1.29 is 9.59 Å². The molecule has 6 nitrogen and oxygen atoms in total. The Bertz CT molecular complexity index is 956. The molecule has 2 amide bonds. The van der Waals surface area contributed by atoms with Crippen molar-refractivity contribution in [1.82, 2.24) is 8.43 Å². The molecule has 0 aromatic carbocycles. The molecular formula is C26H37IN4O2S2. The molecule has 0 aromatic heterocycles. The molecule has 0 aliphatic carbocycles. The lowest BCUT2D eigenvalue weighted by molar-refractivity contribution is -0.123. The maximum atomic E-state index is 12.5. The number of nitrogens with zero attached hydrogens (tertiary/aromatic N) is 1. The number of rotatable bonds is 13. The average molecular weight is 629 g/mol. The van der Waals surface area contributed by atoms with Crippen molar-refractivity contribution >= 4 is 68.4 Å². The van der Waals surface area contributed by atoms with Crippen LogP contribution in [0.25, 0.3) is 0 Å². The second-order valence-electron chi connectivity index (χ2n) is 8.07. The summed E-state index contributed by atoms with van der Waals surface area (Å²) in [6.07, 6.45) is 7.71. The van der Waals surface area contributed by atoms with E-state index in [1.54, 1.807) is 6.08 Å². The van der Waals surface area contributed by atoms with Crippen molar-refractivity contribution in [3.63, 3.8) is 0 Å².